The van der Waals surface area contributed by atoms with E-state index in [0.717, 1.165) is 5.69 Å². The number of carbonyl (C=O) groups excluding carboxylic acids is 2. The van der Waals surface area contributed by atoms with Gasteiger partial charge in [-0.2, -0.15) is 0 Å². The fraction of sp³-hybridized carbons (Fsp3) is 0.200. The quantitative estimate of drug-likeness (QED) is 0.820. The van der Waals surface area contributed by atoms with Gasteiger partial charge in [0, 0.05) is 29.9 Å². The molecule has 0 bridgehead atoms. The fourth-order valence-corrected chi connectivity index (χ4v) is 1.78. The lowest BCUT2D eigenvalue weighted by Crippen LogP contribution is -2.35. The van der Waals surface area contributed by atoms with Crippen molar-refractivity contribution in [3.05, 3.63) is 58.6 Å². The Morgan fingerprint density at radius 2 is 1.64 bits per heavy atom. The molecule has 1 aromatic heterocycles. The van der Waals surface area contributed by atoms with Crippen molar-refractivity contribution in [3.63, 3.8) is 0 Å². The van der Waals surface area contributed by atoms with Crippen LogP contribution in [0.3, 0.4) is 0 Å². The summed E-state index contributed by atoms with van der Waals surface area (Å²) in [4.78, 5) is 31.6. The highest BCUT2D eigenvalue weighted by Gasteiger charge is 2.07. The number of benzene rings is 1. The molecular weight excluding hydrogens is 304 g/mol. The number of amides is 2. The number of aromatic nitrogens is 2. The van der Waals surface area contributed by atoms with E-state index in [9.17, 15) is 9.59 Å². The van der Waals surface area contributed by atoms with Crippen LogP contribution in [0.1, 0.15) is 26.5 Å². The topological polar surface area (TPSA) is 84.0 Å². The molecule has 0 radical (unpaired) electrons. The Labute approximate surface area is 132 Å². The minimum absolute atomic E-state index is 0.221. The zero-order chi connectivity index (χ0) is 15.9. The zero-order valence-electron chi connectivity index (χ0n) is 12.0. The van der Waals surface area contributed by atoms with E-state index in [-0.39, 0.29) is 17.5 Å². The van der Waals surface area contributed by atoms with Crippen molar-refractivity contribution < 1.29 is 9.59 Å². The first-order valence-electron chi connectivity index (χ1n) is 6.67. The van der Waals surface area contributed by atoms with E-state index in [4.69, 9.17) is 11.6 Å². The third-order valence-electron chi connectivity index (χ3n) is 2.82. The third kappa shape index (κ3) is 4.53. The molecule has 2 N–H and O–H groups in total. The van der Waals surface area contributed by atoms with E-state index < -0.39 is 0 Å². The molecule has 0 saturated carbocycles. The molecule has 114 valence electrons. The van der Waals surface area contributed by atoms with Crippen LogP contribution in [0.4, 0.5) is 0 Å². The van der Waals surface area contributed by atoms with Gasteiger partial charge in [0.25, 0.3) is 11.8 Å². The SMILES string of the molecule is Cc1cnc(C(=O)NCCNC(=O)c2ccc(Cl)cc2)cn1. The molecule has 22 heavy (non-hydrogen) atoms. The number of rotatable bonds is 5. The summed E-state index contributed by atoms with van der Waals surface area (Å²) >= 11 is 5.76. The van der Waals surface area contributed by atoms with Gasteiger partial charge in [-0.25, -0.2) is 4.98 Å². The first-order valence-corrected chi connectivity index (χ1v) is 7.04. The summed E-state index contributed by atoms with van der Waals surface area (Å²) in [7, 11) is 0. The van der Waals surface area contributed by atoms with E-state index in [2.05, 4.69) is 20.6 Å². The number of carbonyl (C=O) groups is 2. The average molecular weight is 319 g/mol. The smallest absolute Gasteiger partial charge is 0.271 e. The molecule has 7 heteroatoms. The molecule has 0 spiro atoms. The second-order valence-corrected chi connectivity index (χ2v) is 5.00. The average Bonchev–Trinajstić information content (AvgIpc) is 2.52. The lowest BCUT2D eigenvalue weighted by molar-refractivity contribution is 0.0925. The molecule has 0 aliphatic carbocycles. The summed E-state index contributed by atoms with van der Waals surface area (Å²) < 4.78 is 0. The predicted octanol–water partition coefficient (Wildman–Crippen LogP) is 1.60. The van der Waals surface area contributed by atoms with Crippen LogP contribution < -0.4 is 10.6 Å². The van der Waals surface area contributed by atoms with Crippen molar-refractivity contribution in [1.82, 2.24) is 20.6 Å². The second kappa shape index (κ2) is 7.51. The van der Waals surface area contributed by atoms with Crippen molar-refractivity contribution in [2.45, 2.75) is 6.92 Å². The molecule has 0 aliphatic heterocycles. The van der Waals surface area contributed by atoms with Gasteiger partial charge in [-0.15, -0.1) is 0 Å². The summed E-state index contributed by atoms with van der Waals surface area (Å²) in [5, 5.41) is 5.93. The van der Waals surface area contributed by atoms with Gasteiger partial charge >= 0.3 is 0 Å². The van der Waals surface area contributed by atoms with Crippen molar-refractivity contribution in [3.8, 4) is 0 Å². The van der Waals surface area contributed by atoms with Gasteiger partial charge in [-0.3, -0.25) is 14.6 Å². The Morgan fingerprint density at radius 3 is 2.23 bits per heavy atom. The highest BCUT2D eigenvalue weighted by Crippen LogP contribution is 2.09. The molecule has 0 aliphatic rings. The number of hydrogen-bond acceptors (Lipinski definition) is 4. The molecule has 1 heterocycles. The maximum atomic E-state index is 11.8. The van der Waals surface area contributed by atoms with E-state index in [1.807, 2.05) is 0 Å². The van der Waals surface area contributed by atoms with Crippen LogP contribution in [0.5, 0.6) is 0 Å². The van der Waals surface area contributed by atoms with E-state index in [1.165, 1.54) is 12.4 Å². The molecule has 0 saturated heterocycles. The van der Waals surface area contributed by atoms with Crippen LogP contribution in [0.2, 0.25) is 5.02 Å². The fourth-order valence-electron chi connectivity index (χ4n) is 1.66. The lowest BCUT2D eigenvalue weighted by atomic mass is 10.2. The highest BCUT2D eigenvalue weighted by atomic mass is 35.5. The van der Waals surface area contributed by atoms with Gasteiger partial charge in [-0.05, 0) is 31.2 Å². The molecule has 0 unspecified atom stereocenters. The van der Waals surface area contributed by atoms with E-state index in [0.29, 0.717) is 23.7 Å². The zero-order valence-corrected chi connectivity index (χ0v) is 12.7. The van der Waals surface area contributed by atoms with Gasteiger partial charge in [0.05, 0.1) is 11.9 Å². The lowest BCUT2D eigenvalue weighted by Gasteiger charge is -2.07. The molecule has 0 atom stereocenters. The molecule has 1 aromatic carbocycles. The van der Waals surface area contributed by atoms with Crippen LogP contribution in [0, 0.1) is 6.92 Å². The minimum atomic E-state index is -0.326. The number of nitrogens with one attached hydrogen (secondary N) is 2. The highest BCUT2D eigenvalue weighted by molar-refractivity contribution is 6.30. The standard InChI is InChI=1S/C15H15ClN4O2/c1-10-8-20-13(9-19-10)15(22)18-7-6-17-14(21)11-2-4-12(16)5-3-11/h2-5,8-9H,6-7H2,1H3,(H,17,21)(H,18,22). The van der Waals surface area contributed by atoms with Gasteiger partial charge in [0.1, 0.15) is 5.69 Å². The molecular formula is C15H15ClN4O2. The first-order chi connectivity index (χ1) is 10.6. The Bertz CT molecular complexity index is 597. The van der Waals surface area contributed by atoms with Crippen LogP contribution >= 0.6 is 11.6 Å². The molecule has 0 fully saturated rings. The number of aryl methyl sites for hydroxylation is 1. The molecule has 2 aromatic rings. The summed E-state index contributed by atoms with van der Waals surface area (Å²) in [6.07, 6.45) is 2.94. The van der Waals surface area contributed by atoms with Crippen molar-refractivity contribution in [2.75, 3.05) is 13.1 Å². The summed E-state index contributed by atoms with van der Waals surface area (Å²) in [5.41, 5.74) is 1.50. The third-order valence-corrected chi connectivity index (χ3v) is 3.07. The summed E-state index contributed by atoms with van der Waals surface area (Å²) in [6, 6.07) is 6.57. The van der Waals surface area contributed by atoms with E-state index in [1.54, 1.807) is 31.2 Å². The second-order valence-electron chi connectivity index (χ2n) is 4.56. The first kappa shape index (κ1) is 15.9. The predicted molar refractivity (Wildman–Crippen MR) is 82.9 cm³/mol. The molecule has 2 amide bonds. The number of hydrogen-bond donors (Lipinski definition) is 2. The largest absolute Gasteiger partial charge is 0.350 e. The summed E-state index contributed by atoms with van der Waals surface area (Å²) in [5.74, 6) is -0.547. The number of nitrogens with zero attached hydrogens (tertiary/aromatic N) is 2. The van der Waals surface area contributed by atoms with Gasteiger partial charge in [0.2, 0.25) is 0 Å². The Balaban J connectivity index is 1.74. The van der Waals surface area contributed by atoms with Gasteiger partial charge in [0.15, 0.2) is 0 Å². The van der Waals surface area contributed by atoms with Crippen molar-refractivity contribution >= 4 is 23.4 Å². The van der Waals surface area contributed by atoms with Crippen LogP contribution in [-0.2, 0) is 0 Å². The van der Waals surface area contributed by atoms with Crippen molar-refractivity contribution in [1.29, 1.82) is 0 Å². The maximum Gasteiger partial charge on any atom is 0.271 e. The van der Waals surface area contributed by atoms with E-state index >= 15 is 0 Å². The Hall–Kier alpha value is -2.47. The minimum Gasteiger partial charge on any atom is -0.350 e. The van der Waals surface area contributed by atoms with Gasteiger partial charge in [-0.1, -0.05) is 11.6 Å². The maximum absolute atomic E-state index is 11.8. The molecule has 6 nitrogen and oxygen atoms in total. The monoisotopic (exact) mass is 318 g/mol. The summed E-state index contributed by atoms with van der Waals surface area (Å²) in [6.45, 7) is 2.40. The van der Waals surface area contributed by atoms with Crippen LogP contribution in [0.25, 0.3) is 0 Å². The number of halogens is 1. The van der Waals surface area contributed by atoms with Crippen LogP contribution in [-0.4, -0.2) is 34.9 Å². The Kier molecular flexibility index (Phi) is 5.43. The normalized spacial score (nSPS) is 10.1. The Morgan fingerprint density at radius 1 is 1.00 bits per heavy atom. The van der Waals surface area contributed by atoms with Gasteiger partial charge < -0.3 is 10.6 Å². The van der Waals surface area contributed by atoms with Crippen LogP contribution in [0.15, 0.2) is 36.7 Å². The molecule has 2 rings (SSSR count). The van der Waals surface area contributed by atoms with Crippen molar-refractivity contribution in [2.24, 2.45) is 0 Å².